The number of nitrogens with zero attached hydrogens (tertiary/aromatic N) is 2. The fraction of sp³-hybridized carbons (Fsp3) is 0.143. The summed E-state index contributed by atoms with van der Waals surface area (Å²) in [7, 11) is 1.62. The van der Waals surface area contributed by atoms with Crippen LogP contribution in [0.25, 0.3) is 10.9 Å². The van der Waals surface area contributed by atoms with Crippen LogP contribution in [0.5, 0.6) is 5.75 Å². The van der Waals surface area contributed by atoms with Crippen molar-refractivity contribution in [2.24, 2.45) is 0 Å². The van der Waals surface area contributed by atoms with Crippen LogP contribution in [-0.2, 0) is 9.59 Å². The molecule has 1 atom stereocenters. The van der Waals surface area contributed by atoms with Gasteiger partial charge in [-0.2, -0.15) is 0 Å². The van der Waals surface area contributed by atoms with Gasteiger partial charge in [-0.25, -0.2) is 0 Å². The molecule has 1 aliphatic rings. The number of hydrogen-bond donors (Lipinski definition) is 2. The summed E-state index contributed by atoms with van der Waals surface area (Å²) in [4.78, 5) is 30.9. The average molecular weight is 455 g/mol. The molecule has 0 fully saturated rings. The van der Waals surface area contributed by atoms with Crippen LogP contribution in [0.4, 0.5) is 11.4 Å². The zero-order valence-electron chi connectivity index (χ0n) is 16.0. The average Bonchev–Trinajstić information content (AvgIpc) is 3.34. The third-order valence-corrected chi connectivity index (χ3v) is 7.05. The zero-order chi connectivity index (χ0) is 20.4. The molecule has 1 aromatic heterocycles. The van der Waals surface area contributed by atoms with Gasteiger partial charge in [0.05, 0.1) is 0 Å². The molecular formula is C21H20N4O3Se. The summed E-state index contributed by atoms with van der Waals surface area (Å²) in [5.41, 5.74) is 2.69. The molecule has 0 saturated carbocycles. The van der Waals surface area contributed by atoms with Gasteiger partial charge in [-0.1, -0.05) is 0 Å². The third-order valence-electron chi connectivity index (χ3n) is 4.69. The first-order valence-corrected chi connectivity index (χ1v) is 10.8. The molecule has 2 amide bonds. The summed E-state index contributed by atoms with van der Waals surface area (Å²) in [6.45, 7) is 1.56. The first-order valence-electron chi connectivity index (χ1n) is 8.99. The van der Waals surface area contributed by atoms with Gasteiger partial charge in [0.15, 0.2) is 0 Å². The van der Waals surface area contributed by atoms with Gasteiger partial charge in [0.2, 0.25) is 0 Å². The van der Waals surface area contributed by atoms with Crippen molar-refractivity contribution in [3.05, 3.63) is 65.5 Å². The molecule has 148 valence electrons. The second-order valence-corrected chi connectivity index (χ2v) is 8.72. The molecule has 2 heterocycles. The number of aromatic nitrogens is 1. The second kappa shape index (κ2) is 8.03. The van der Waals surface area contributed by atoms with Gasteiger partial charge in [0.1, 0.15) is 0 Å². The number of para-hydroxylation sites is 1. The molecule has 2 aromatic carbocycles. The number of amides is 2. The van der Waals surface area contributed by atoms with Crippen LogP contribution in [0.2, 0.25) is 0 Å². The number of nitrogens with one attached hydrogen (secondary N) is 2. The summed E-state index contributed by atoms with van der Waals surface area (Å²) in [6, 6.07) is 15.5. The molecule has 29 heavy (non-hydrogen) atoms. The van der Waals surface area contributed by atoms with Crippen molar-refractivity contribution >= 4 is 49.6 Å². The van der Waals surface area contributed by atoms with Crippen LogP contribution in [-0.4, -0.2) is 44.4 Å². The molecule has 0 radical (unpaired) electrons. The number of H-pyrrole nitrogens is 1. The molecule has 1 unspecified atom stereocenters. The Bertz CT molecular complexity index is 1080. The Balaban J connectivity index is 1.77. The standard InChI is InChI=1S/C21H20N4O3Se/c1-14(27)25(19-11-22-18-6-4-3-5-17(18)19)21-24(12-20(29-21)23-13-26)15-7-9-16(28-2)10-8-15/h3-13,21-22H,1-2H3,(H,23,26). The van der Waals surface area contributed by atoms with E-state index in [1.165, 1.54) is 0 Å². The minimum absolute atomic E-state index is 0.0686. The zero-order valence-corrected chi connectivity index (χ0v) is 17.7. The van der Waals surface area contributed by atoms with Crippen LogP contribution in [0.15, 0.2) is 65.5 Å². The molecule has 1 aliphatic heterocycles. The van der Waals surface area contributed by atoms with E-state index in [9.17, 15) is 9.59 Å². The van der Waals surface area contributed by atoms with Crippen molar-refractivity contribution in [1.82, 2.24) is 10.3 Å². The number of benzene rings is 2. The number of carbonyl (C=O) groups is 2. The van der Waals surface area contributed by atoms with E-state index in [0.29, 0.717) is 6.41 Å². The van der Waals surface area contributed by atoms with Gasteiger partial charge in [-0.15, -0.1) is 0 Å². The number of anilines is 2. The Hall–Kier alpha value is -3.22. The van der Waals surface area contributed by atoms with Crippen molar-refractivity contribution in [2.75, 3.05) is 16.9 Å². The Labute approximate surface area is 174 Å². The third kappa shape index (κ3) is 3.60. The Morgan fingerprint density at radius 3 is 2.69 bits per heavy atom. The summed E-state index contributed by atoms with van der Waals surface area (Å²) >= 11 is -0.190. The predicted molar refractivity (Wildman–Crippen MR) is 114 cm³/mol. The molecule has 3 aromatic rings. The predicted octanol–water partition coefficient (Wildman–Crippen LogP) is 2.58. The summed E-state index contributed by atoms with van der Waals surface area (Å²) in [5, 5.41) is 3.49. The molecule has 0 aliphatic carbocycles. The quantitative estimate of drug-likeness (QED) is 0.443. The van der Waals surface area contributed by atoms with Crippen LogP contribution in [0.1, 0.15) is 6.92 Å². The van der Waals surface area contributed by atoms with Crippen molar-refractivity contribution in [2.45, 2.75) is 12.0 Å². The van der Waals surface area contributed by atoms with Crippen molar-refractivity contribution in [3.8, 4) is 5.75 Å². The monoisotopic (exact) mass is 456 g/mol. The van der Waals surface area contributed by atoms with E-state index in [0.717, 1.165) is 32.6 Å². The molecule has 0 bridgehead atoms. The van der Waals surface area contributed by atoms with E-state index >= 15 is 0 Å². The molecule has 2 N–H and O–H groups in total. The van der Waals surface area contributed by atoms with Gasteiger partial charge < -0.3 is 0 Å². The number of carbonyl (C=O) groups excluding carboxylic acids is 2. The fourth-order valence-corrected chi connectivity index (χ4v) is 5.83. The Morgan fingerprint density at radius 1 is 1.24 bits per heavy atom. The topological polar surface area (TPSA) is 77.7 Å². The van der Waals surface area contributed by atoms with E-state index in [2.05, 4.69) is 10.3 Å². The Morgan fingerprint density at radius 2 is 2.00 bits per heavy atom. The summed E-state index contributed by atoms with van der Waals surface area (Å²) < 4.78 is 6.06. The molecule has 4 rings (SSSR count). The Kier molecular flexibility index (Phi) is 5.29. The van der Waals surface area contributed by atoms with E-state index in [1.807, 2.05) is 65.8 Å². The molecular weight excluding hydrogens is 435 g/mol. The number of rotatable bonds is 6. The van der Waals surface area contributed by atoms with Crippen molar-refractivity contribution in [1.29, 1.82) is 0 Å². The molecule has 0 spiro atoms. The van der Waals surface area contributed by atoms with Gasteiger partial charge >= 0.3 is 174 Å². The maximum absolute atomic E-state index is 12.8. The van der Waals surface area contributed by atoms with Gasteiger partial charge in [-0.3, -0.25) is 0 Å². The minimum atomic E-state index is -0.255. The number of fused-ring (bicyclic) bond motifs is 1. The van der Waals surface area contributed by atoms with Gasteiger partial charge in [0.25, 0.3) is 0 Å². The van der Waals surface area contributed by atoms with Gasteiger partial charge in [0, 0.05) is 0 Å². The second-order valence-electron chi connectivity index (χ2n) is 6.41. The van der Waals surface area contributed by atoms with Crippen LogP contribution >= 0.6 is 0 Å². The van der Waals surface area contributed by atoms with Gasteiger partial charge in [-0.05, 0) is 0 Å². The number of ether oxygens (including phenoxy) is 1. The number of hydrogen-bond acceptors (Lipinski definition) is 4. The van der Waals surface area contributed by atoms with E-state index < -0.39 is 0 Å². The number of aromatic amines is 1. The summed E-state index contributed by atoms with van der Waals surface area (Å²) in [5.74, 6) is 0.686. The summed E-state index contributed by atoms with van der Waals surface area (Å²) in [6.07, 6.45) is 4.43. The maximum atomic E-state index is 12.8. The van der Waals surface area contributed by atoms with Crippen molar-refractivity contribution in [3.63, 3.8) is 0 Å². The van der Waals surface area contributed by atoms with Crippen LogP contribution in [0.3, 0.4) is 0 Å². The first kappa shape index (κ1) is 19.1. The van der Waals surface area contributed by atoms with E-state index in [-0.39, 0.29) is 25.9 Å². The molecule has 0 saturated heterocycles. The number of methoxy groups -OCH3 is 1. The molecule has 7 nitrogen and oxygen atoms in total. The first-order chi connectivity index (χ1) is 14.1. The van der Waals surface area contributed by atoms with Crippen LogP contribution < -0.4 is 19.9 Å². The normalized spacial score (nSPS) is 15.9. The molecule has 8 heteroatoms. The fourth-order valence-electron chi connectivity index (χ4n) is 3.35. The SMILES string of the molecule is COc1ccc(N2C=C(NC=O)[Se]C2N(C(C)=O)c2c[nH]c3ccccc23)cc1. The van der Waals surface area contributed by atoms with Crippen molar-refractivity contribution < 1.29 is 14.3 Å². The van der Waals surface area contributed by atoms with E-state index in [1.54, 1.807) is 18.9 Å². The van der Waals surface area contributed by atoms with E-state index in [4.69, 9.17) is 4.74 Å². The van der Waals surface area contributed by atoms with Crippen LogP contribution in [0, 0.1) is 0 Å².